The van der Waals surface area contributed by atoms with Crippen LogP contribution in [0.4, 0.5) is 0 Å². The van der Waals surface area contributed by atoms with Crippen LogP contribution in [0.5, 0.6) is 5.75 Å². The van der Waals surface area contributed by atoms with E-state index in [1.54, 1.807) is 24.9 Å². The van der Waals surface area contributed by atoms with Crippen LogP contribution in [0, 0.1) is 0 Å². The number of hydrogen-bond donors (Lipinski definition) is 2. The summed E-state index contributed by atoms with van der Waals surface area (Å²) in [5, 5.41) is 4.15. The lowest BCUT2D eigenvalue weighted by atomic mass is 10.1. The molecule has 0 spiro atoms. The molecule has 0 saturated heterocycles. The first kappa shape index (κ1) is 20.8. The van der Waals surface area contributed by atoms with Gasteiger partial charge in [0.15, 0.2) is 0 Å². The van der Waals surface area contributed by atoms with Gasteiger partial charge in [-0.1, -0.05) is 48.5 Å². The van der Waals surface area contributed by atoms with Gasteiger partial charge in [0.25, 0.3) is 0 Å². The van der Waals surface area contributed by atoms with E-state index in [0.29, 0.717) is 6.54 Å². The minimum atomic E-state index is -0.0845. The topological polar surface area (TPSA) is 54.1 Å². The summed E-state index contributed by atoms with van der Waals surface area (Å²) in [5.41, 5.74) is 4.30. The van der Waals surface area contributed by atoms with E-state index < -0.39 is 0 Å². The van der Waals surface area contributed by atoms with Crippen LogP contribution in [0.1, 0.15) is 5.56 Å². The average Bonchev–Trinajstić information content (AvgIpc) is 3.20. The Morgan fingerprint density at radius 1 is 1.00 bits per heavy atom. The summed E-state index contributed by atoms with van der Waals surface area (Å²) in [4.78, 5) is 16.8. The molecule has 4 aromatic rings. The summed E-state index contributed by atoms with van der Waals surface area (Å²) in [7, 11) is 1.67. The number of H-pyrrole nitrogens is 1. The smallest absolute Gasteiger partial charge is 0.244 e. The summed E-state index contributed by atoms with van der Waals surface area (Å²) < 4.78 is 5.28. The number of aromatic nitrogens is 1. The average molecular weight is 429 g/mol. The molecule has 0 saturated carbocycles. The highest BCUT2D eigenvalue weighted by atomic mass is 32.2. The van der Waals surface area contributed by atoms with Crippen molar-refractivity contribution in [3.05, 3.63) is 90.5 Å². The number of benzene rings is 3. The maximum atomic E-state index is 12.1. The third kappa shape index (κ3) is 5.19. The first-order valence-electron chi connectivity index (χ1n) is 10.1. The highest BCUT2D eigenvalue weighted by molar-refractivity contribution is 7.99. The number of nitrogens with one attached hydrogen (secondary N) is 2. The molecule has 4 nitrogen and oxygen atoms in total. The maximum Gasteiger partial charge on any atom is 0.244 e. The predicted octanol–water partition coefficient (Wildman–Crippen LogP) is 5.77. The van der Waals surface area contributed by atoms with Gasteiger partial charge in [0.05, 0.1) is 12.8 Å². The molecule has 0 radical (unpaired) electrons. The fourth-order valence-electron chi connectivity index (χ4n) is 3.35. The van der Waals surface area contributed by atoms with Crippen molar-refractivity contribution in [3.63, 3.8) is 0 Å². The Kier molecular flexibility index (Phi) is 6.75. The standard InChI is InChI=1S/C26H24N2O2S/c1-30-21-14-12-20(13-15-21)25-26(22-9-5-6-10-23(22)28-25)31-18-17-27-24(29)16-11-19-7-3-2-4-8-19/h2-16,28H,17-18H2,1H3,(H,27,29). The maximum absolute atomic E-state index is 12.1. The highest BCUT2D eigenvalue weighted by Crippen LogP contribution is 2.37. The number of amides is 1. The number of methoxy groups -OCH3 is 1. The van der Waals surface area contributed by atoms with Gasteiger partial charge in [-0.15, -0.1) is 11.8 Å². The Morgan fingerprint density at radius 2 is 1.74 bits per heavy atom. The molecule has 0 atom stereocenters. The van der Waals surface area contributed by atoms with E-state index in [-0.39, 0.29) is 5.91 Å². The van der Waals surface area contributed by atoms with E-state index in [1.807, 2.05) is 60.7 Å². The summed E-state index contributed by atoms with van der Waals surface area (Å²) in [5.74, 6) is 1.52. The molecular formula is C26H24N2O2S. The first-order chi connectivity index (χ1) is 15.2. The third-order valence-corrected chi connectivity index (χ3v) is 6.03. The van der Waals surface area contributed by atoms with E-state index >= 15 is 0 Å². The Bertz CT molecular complexity index is 1180. The van der Waals surface area contributed by atoms with Gasteiger partial charge in [-0.05, 0) is 47.5 Å². The van der Waals surface area contributed by atoms with Crippen LogP contribution >= 0.6 is 11.8 Å². The summed E-state index contributed by atoms with van der Waals surface area (Å²) in [6, 6.07) is 26.2. The number of aromatic amines is 1. The van der Waals surface area contributed by atoms with Crippen molar-refractivity contribution in [3.8, 4) is 17.0 Å². The fraction of sp³-hybridized carbons (Fsp3) is 0.115. The van der Waals surface area contributed by atoms with Gasteiger partial charge >= 0.3 is 0 Å². The summed E-state index contributed by atoms with van der Waals surface area (Å²) in [6.07, 6.45) is 3.40. The van der Waals surface area contributed by atoms with E-state index in [1.165, 1.54) is 10.3 Å². The minimum absolute atomic E-state index is 0.0845. The van der Waals surface area contributed by atoms with Crippen LogP contribution in [-0.4, -0.2) is 30.3 Å². The van der Waals surface area contributed by atoms with Crippen LogP contribution in [0.25, 0.3) is 28.2 Å². The second kappa shape index (κ2) is 10.0. The number of fused-ring (bicyclic) bond motifs is 1. The van der Waals surface area contributed by atoms with E-state index in [2.05, 4.69) is 34.6 Å². The molecule has 31 heavy (non-hydrogen) atoms. The number of hydrogen-bond acceptors (Lipinski definition) is 3. The predicted molar refractivity (Wildman–Crippen MR) is 129 cm³/mol. The number of carbonyl (C=O) groups is 1. The van der Waals surface area contributed by atoms with E-state index in [0.717, 1.165) is 33.8 Å². The Balaban J connectivity index is 1.43. The molecule has 1 amide bonds. The zero-order valence-electron chi connectivity index (χ0n) is 17.3. The molecular weight excluding hydrogens is 404 g/mol. The van der Waals surface area contributed by atoms with E-state index in [4.69, 9.17) is 4.74 Å². The van der Waals surface area contributed by atoms with Gasteiger partial charge in [-0.3, -0.25) is 4.79 Å². The van der Waals surface area contributed by atoms with Gasteiger partial charge in [-0.2, -0.15) is 0 Å². The Hall–Kier alpha value is -3.44. The third-order valence-electron chi connectivity index (χ3n) is 4.91. The molecule has 0 unspecified atom stereocenters. The molecule has 2 N–H and O–H groups in total. The number of para-hydroxylation sites is 1. The normalized spacial score (nSPS) is 11.1. The van der Waals surface area contributed by atoms with Crippen molar-refractivity contribution < 1.29 is 9.53 Å². The van der Waals surface area contributed by atoms with Crippen molar-refractivity contribution >= 4 is 34.6 Å². The van der Waals surface area contributed by atoms with E-state index in [9.17, 15) is 4.79 Å². The largest absolute Gasteiger partial charge is 0.497 e. The van der Waals surface area contributed by atoms with Crippen LogP contribution in [0.3, 0.4) is 0 Å². The van der Waals surface area contributed by atoms with Crippen LogP contribution in [-0.2, 0) is 4.79 Å². The molecule has 0 bridgehead atoms. The lowest BCUT2D eigenvalue weighted by molar-refractivity contribution is -0.116. The molecule has 1 heterocycles. The van der Waals surface area contributed by atoms with Crippen molar-refractivity contribution in [2.24, 2.45) is 0 Å². The molecule has 156 valence electrons. The molecule has 0 aliphatic heterocycles. The summed E-state index contributed by atoms with van der Waals surface area (Å²) in [6.45, 7) is 0.587. The van der Waals surface area contributed by atoms with Gasteiger partial charge in [0.2, 0.25) is 5.91 Å². The highest BCUT2D eigenvalue weighted by Gasteiger charge is 2.13. The molecule has 0 aliphatic rings. The van der Waals surface area contributed by atoms with Crippen molar-refractivity contribution in [2.75, 3.05) is 19.4 Å². The van der Waals surface area contributed by atoms with Gasteiger partial charge in [0.1, 0.15) is 5.75 Å². The second-order valence-electron chi connectivity index (χ2n) is 6.99. The first-order valence-corrected chi connectivity index (χ1v) is 11.1. The number of thioether (sulfide) groups is 1. The van der Waals surface area contributed by atoms with Gasteiger partial charge in [0, 0.05) is 34.2 Å². The zero-order valence-corrected chi connectivity index (χ0v) is 18.1. The SMILES string of the molecule is COc1ccc(-c2[nH]c3ccccc3c2SCCNC(=O)C=Cc2ccccc2)cc1. The lowest BCUT2D eigenvalue weighted by Crippen LogP contribution is -2.23. The van der Waals surface area contributed by atoms with Crippen LogP contribution < -0.4 is 10.1 Å². The molecule has 3 aromatic carbocycles. The summed E-state index contributed by atoms with van der Waals surface area (Å²) >= 11 is 1.74. The number of ether oxygens (including phenoxy) is 1. The molecule has 5 heteroatoms. The monoisotopic (exact) mass is 428 g/mol. The van der Waals surface area contributed by atoms with Crippen LogP contribution in [0.15, 0.2) is 89.8 Å². The second-order valence-corrected chi connectivity index (χ2v) is 8.09. The van der Waals surface area contributed by atoms with Crippen molar-refractivity contribution in [1.29, 1.82) is 0 Å². The van der Waals surface area contributed by atoms with Crippen molar-refractivity contribution in [2.45, 2.75) is 4.90 Å². The quantitative estimate of drug-likeness (QED) is 0.213. The Labute approximate surface area is 186 Å². The number of carbonyl (C=O) groups excluding carboxylic acids is 1. The molecule has 0 aliphatic carbocycles. The zero-order chi connectivity index (χ0) is 21.5. The number of rotatable bonds is 8. The fourth-order valence-corrected chi connectivity index (χ4v) is 4.40. The minimum Gasteiger partial charge on any atom is -0.497 e. The lowest BCUT2D eigenvalue weighted by Gasteiger charge is -2.07. The molecule has 0 fully saturated rings. The van der Waals surface area contributed by atoms with Crippen LogP contribution in [0.2, 0.25) is 0 Å². The Morgan fingerprint density at radius 3 is 2.52 bits per heavy atom. The van der Waals surface area contributed by atoms with Gasteiger partial charge < -0.3 is 15.0 Å². The van der Waals surface area contributed by atoms with Crippen molar-refractivity contribution in [1.82, 2.24) is 10.3 Å². The molecule has 1 aromatic heterocycles. The molecule has 4 rings (SSSR count). The van der Waals surface area contributed by atoms with Gasteiger partial charge in [-0.25, -0.2) is 0 Å².